The number of aliphatic imine (C=N–C) groups is 1. The molecular formula is C22H27N7O2. The minimum Gasteiger partial charge on any atom is -0.492 e. The summed E-state index contributed by atoms with van der Waals surface area (Å²) < 4.78 is 0. The van der Waals surface area contributed by atoms with E-state index >= 15 is 0 Å². The van der Waals surface area contributed by atoms with Gasteiger partial charge in [0.05, 0.1) is 11.9 Å². The lowest BCUT2D eigenvalue weighted by Crippen LogP contribution is -2.53. The number of allylic oxidation sites excluding steroid dienone is 1. The zero-order chi connectivity index (χ0) is 21.5. The molecular weight excluding hydrogens is 394 g/mol. The van der Waals surface area contributed by atoms with Gasteiger partial charge in [0.1, 0.15) is 5.69 Å². The molecule has 3 fully saturated rings. The summed E-state index contributed by atoms with van der Waals surface area (Å²) in [4.78, 5) is 30.6. The van der Waals surface area contributed by atoms with Gasteiger partial charge in [0, 0.05) is 35.9 Å². The zero-order valence-electron chi connectivity index (χ0n) is 17.7. The minimum absolute atomic E-state index is 0.0599. The summed E-state index contributed by atoms with van der Waals surface area (Å²) in [5.74, 6) is 1.56. The Kier molecular flexibility index (Phi) is 4.97. The van der Waals surface area contributed by atoms with Gasteiger partial charge in [-0.15, -0.1) is 0 Å². The van der Waals surface area contributed by atoms with Crippen molar-refractivity contribution in [3.63, 3.8) is 0 Å². The Morgan fingerprint density at radius 2 is 2.16 bits per heavy atom. The maximum atomic E-state index is 12.0. The molecule has 162 valence electrons. The predicted molar refractivity (Wildman–Crippen MR) is 121 cm³/mol. The summed E-state index contributed by atoms with van der Waals surface area (Å²) in [7, 11) is 0. The van der Waals surface area contributed by atoms with Gasteiger partial charge in [-0.1, -0.05) is 13.8 Å². The molecule has 1 amide bonds. The number of pyridine rings is 1. The van der Waals surface area contributed by atoms with Gasteiger partial charge in [-0.05, 0) is 44.0 Å². The number of aromatic nitrogens is 3. The second-order valence-corrected chi connectivity index (χ2v) is 8.81. The quantitative estimate of drug-likeness (QED) is 0.590. The van der Waals surface area contributed by atoms with E-state index in [9.17, 15) is 9.90 Å². The Morgan fingerprint density at radius 3 is 2.87 bits per heavy atom. The second-order valence-electron chi connectivity index (χ2n) is 8.81. The van der Waals surface area contributed by atoms with Crippen molar-refractivity contribution in [2.75, 3.05) is 30.3 Å². The Labute approximate surface area is 180 Å². The van der Waals surface area contributed by atoms with Crippen LogP contribution in [0.15, 0.2) is 17.3 Å². The number of nitrogens with zero attached hydrogens (tertiary/aromatic N) is 4. The summed E-state index contributed by atoms with van der Waals surface area (Å²) in [6, 6.07) is 2.19. The van der Waals surface area contributed by atoms with Crippen LogP contribution in [0.2, 0.25) is 0 Å². The number of carbonyl (C=O) groups excluding carboxylic acids is 1. The van der Waals surface area contributed by atoms with Gasteiger partial charge < -0.3 is 25.6 Å². The molecule has 6 rings (SSSR count). The topological polar surface area (TPSA) is 119 Å². The molecule has 0 aromatic carbocycles. The van der Waals surface area contributed by atoms with Gasteiger partial charge in [-0.25, -0.2) is 9.98 Å². The molecule has 0 spiro atoms. The predicted octanol–water partition coefficient (Wildman–Crippen LogP) is 2.87. The Hall–Kier alpha value is -3.20. The van der Waals surface area contributed by atoms with Crippen molar-refractivity contribution in [2.45, 2.75) is 32.7 Å². The fourth-order valence-corrected chi connectivity index (χ4v) is 4.45. The summed E-state index contributed by atoms with van der Waals surface area (Å²) in [6.45, 7) is 7.05. The maximum Gasteiger partial charge on any atom is 0.238 e. The molecule has 4 aliphatic heterocycles. The molecule has 6 heterocycles. The zero-order valence-corrected chi connectivity index (χ0v) is 17.7. The molecule has 9 nitrogen and oxygen atoms in total. The normalized spacial score (nSPS) is 25.3. The molecule has 1 atom stereocenters. The molecule has 2 aromatic rings. The third-order valence-corrected chi connectivity index (χ3v) is 6.29. The number of aromatic amines is 1. The largest absolute Gasteiger partial charge is 0.492 e. The first-order valence-electron chi connectivity index (χ1n) is 10.8. The lowest BCUT2D eigenvalue weighted by Gasteiger charge is -2.44. The van der Waals surface area contributed by atoms with Gasteiger partial charge in [0.25, 0.3) is 0 Å². The molecule has 31 heavy (non-hydrogen) atoms. The van der Waals surface area contributed by atoms with Gasteiger partial charge >= 0.3 is 0 Å². The highest BCUT2D eigenvalue weighted by molar-refractivity contribution is 6.21. The third kappa shape index (κ3) is 3.93. The number of piperidine rings is 3. The Morgan fingerprint density at radius 1 is 1.35 bits per heavy atom. The standard InChI is InChI=1S/C22H27N7O2/c1-12(2)20(30)25-15-8-16-14(9-23-19(16)24-10-15)7-17-21(31)28-22(26-17)27-18-11-29-5-3-13(18)4-6-29/h7-10,12-13,18,31H,3-6,11H2,1-2H3,(H,25,30)(H2,26,27,28). The van der Waals surface area contributed by atoms with Crippen LogP contribution >= 0.6 is 0 Å². The summed E-state index contributed by atoms with van der Waals surface area (Å²) >= 11 is 0. The second kappa shape index (κ2) is 7.81. The number of hydrogen-bond acceptors (Lipinski definition) is 7. The average molecular weight is 422 g/mol. The van der Waals surface area contributed by atoms with Crippen LogP contribution in [0.4, 0.5) is 17.5 Å². The van der Waals surface area contributed by atoms with Crippen LogP contribution in [-0.4, -0.2) is 62.8 Å². The number of anilines is 2. The lowest BCUT2D eigenvalue weighted by atomic mass is 9.84. The Balaban J connectivity index is 1.35. The van der Waals surface area contributed by atoms with Crippen LogP contribution in [0.1, 0.15) is 37.9 Å². The fraction of sp³-hybridized carbons (Fsp3) is 0.455. The average Bonchev–Trinajstić information content (AvgIpc) is 3.32. The summed E-state index contributed by atoms with van der Waals surface area (Å²) in [6.07, 6.45) is 7.51. The van der Waals surface area contributed by atoms with Crippen molar-refractivity contribution in [2.24, 2.45) is 16.8 Å². The van der Waals surface area contributed by atoms with E-state index in [-0.39, 0.29) is 17.7 Å². The van der Waals surface area contributed by atoms with Crippen molar-refractivity contribution in [3.05, 3.63) is 23.5 Å². The molecule has 9 heteroatoms. The van der Waals surface area contributed by atoms with Crippen molar-refractivity contribution in [3.8, 4) is 5.88 Å². The highest BCUT2D eigenvalue weighted by atomic mass is 16.3. The van der Waals surface area contributed by atoms with Crippen LogP contribution in [0.3, 0.4) is 0 Å². The van der Waals surface area contributed by atoms with Crippen molar-refractivity contribution in [1.82, 2.24) is 19.9 Å². The number of imidazole rings is 1. The molecule has 0 saturated carbocycles. The number of rotatable bonds is 5. The smallest absolute Gasteiger partial charge is 0.238 e. The van der Waals surface area contributed by atoms with E-state index in [1.807, 2.05) is 19.9 Å². The van der Waals surface area contributed by atoms with E-state index in [1.54, 1.807) is 18.5 Å². The van der Waals surface area contributed by atoms with E-state index in [0.29, 0.717) is 35.1 Å². The highest BCUT2D eigenvalue weighted by Crippen LogP contribution is 2.34. The number of fused-ring (bicyclic) bond motifs is 4. The number of aromatic hydroxyl groups is 1. The van der Waals surface area contributed by atoms with Gasteiger partial charge in [-0.3, -0.25) is 4.79 Å². The first kappa shape index (κ1) is 19.7. The molecule has 4 N–H and O–H groups in total. The maximum absolute atomic E-state index is 12.0. The van der Waals surface area contributed by atoms with E-state index in [2.05, 4.69) is 35.5 Å². The van der Waals surface area contributed by atoms with Crippen molar-refractivity contribution >= 4 is 41.2 Å². The molecule has 2 aromatic heterocycles. The van der Waals surface area contributed by atoms with Crippen LogP contribution < -0.4 is 10.6 Å². The van der Waals surface area contributed by atoms with Crippen molar-refractivity contribution < 1.29 is 9.90 Å². The van der Waals surface area contributed by atoms with Crippen LogP contribution in [0.5, 0.6) is 5.88 Å². The van der Waals surface area contributed by atoms with E-state index < -0.39 is 0 Å². The Bertz CT molecular complexity index is 1060. The van der Waals surface area contributed by atoms with Crippen LogP contribution in [0, 0.1) is 11.8 Å². The number of H-pyrrole nitrogens is 1. The van der Waals surface area contributed by atoms with E-state index in [4.69, 9.17) is 0 Å². The highest BCUT2D eigenvalue weighted by Gasteiger charge is 2.34. The number of carbonyl (C=O) groups is 1. The molecule has 0 radical (unpaired) electrons. The summed E-state index contributed by atoms with van der Waals surface area (Å²) in [5, 5.41) is 16.7. The van der Waals surface area contributed by atoms with E-state index in [1.165, 1.54) is 25.9 Å². The van der Waals surface area contributed by atoms with Gasteiger partial charge in [-0.2, -0.15) is 4.98 Å². The number of amides is 1. The first-order chi connectivity index (χ1) is 15.0. The molecule has 4 aliphatic rings. The monoisotopic (exact) mass is 421 g/mol. The van der Waals surface area contributed by atoms with E-state index in [0.717, 1.165) is 17.7 Å². The van der Waals surface area contributed by atoms with Crippen molar-refractivity contribution in [1.29, 1.82) is 0 Å². The van der Waals surface area contributed by atoms with Gasteiger partial charge in [0.15, 0.2) is 5.82 Å². The fourth-order valence-electron chi connectivity index (χ4n) is 4.45. The van der Waals surface area contributed by atoms with Gasteiger partial charge in [0.2, 0.25) is 17.7 Å². The molecule has 2 bridgehead atoms. The van der Waals surface area contributed by atoms with Crippen LogP contribution in [-0.2, 0) is 4.79 Å². The first-order valence-corrected chi connectivity index (χ1v) is 10.8. The lowest BCUT2D eigenvalue weighted by molar-refractivity contribution is -0.118. The minimum atomic E-state index is -0.122. The molecule has 1 unspecified atom stereocenters. The molecule has 0 aliphatic carbocycles. The number of nitrogens with one attached hydrogen (secondary N) is 3. The van der Waals surface area contributed by atoms with Crippen LogP contribution in [0.25, 0.3) is 11.6 Å². The summed E-state index contributed by atoms with van der Waals surface area (Å²) in [5.41, 5.74) is 2.71. The number of hydrogen-bond donors (Lipinski definition) is 4. The third-order valence-electron chi connectivity index (χ3n) is 6.29. The molecule has 3 saturated heterocycles. The SMILES string of the molecule is CC(C)C(=O)Nc1cnc2c(c1)C(=Cc1[nH]c(NC3CN4CCC3CC4)nc1O)C=N2.